The van der Waals surface area contributed by atoms with Crippen LogP contribution in [0.25, 0.3) is 10.2 Å². The summed E-state index contributed by atoms with van der Waals surface area (Å²) < 4.78 is 7.36. The Morgan fingerprint density at radius 3 is 2.82 bits per heavy atom. The summed E-state index contributed by atoms with van der Waals surface area (Å²) in [5, 5.41) is 1.37. The van der Waals surface area contributed by atoms with Crippen molar-refractivity contribution in [3.8, 4) is 0 Å². The molecule has 0 saturated carbocycles. The molecule has 6 nitrogen and oxygen atoms in total. The number of aryl methyl sites for hydroxylation is 2. The maximum atomic E-state index is 13.1. The van der Waals surface area contributed by atoms with Gasteiger partial charge in [0.1, 0.15) is 4.83 Å². The highest BCUT2D eigenvalue weighted by molar-refractivity contribution is 7.99. The highest BCUT2D eigenvalue weighted by Gasteiger charge is 2.27. The number of carbonyl (C=O) groups is 1. The average molecular weight is 420 g/mol. The van der Waals surface area contributed by atoms with E-state index in [4.69, 9.17) is 9.72 Å². The Kier molecular flexibility index (Phi) is 5.62. The minimum absolute atomic E-state index is 0.00661. The molecule has 4 rings (SSSR count). The first-order chi connectivity index (χ1) is 13.5. The van der Waals surface area contributed by atoms with Crippen molar-refractivity contribution in [2.24, 2.45) is 0 Å². The van der Waals surface area contributed by atoms with Crippen molar-refractivity contribution in [3.05, 3.63) is 33.4 Å². The molecule has 8 heteroatoms. The van der Waals surface area contributed by atoms with Gasteiger partial charge in [0.15, 0.2) is 5.16 Å². The lowest BCUT2D eigenvalue weighted by Crippen LogP contribution is -2.48. The molecule has 3 heterocycles. The van der Waals surface area contributed by atoms with Crippen LogP contribution in [0.4, 0.5) is 0 Å². The molecule has 1 fully saturated rings. The number of fused-ring (bicyclic) bond motifs is 3. The SMILES string of the molecule is C=CCn1c(SCC(=O)N2C[C@H](C)O[C@@H](C)C2)nc2sc3c(c2c1=O)CCC3. The summed E-state index contributed by atoms with van der Waals surface area (Å²) in [6.07, 6.45) is 4.89. The van der Waals surface area contributed by atoms with E-state index < -0.39 is 0 Å². The van der Waals surface area contributed by atoms with Crippen LogP contribution in [0.5, 0.6) is 0 Å². The lowest BCUT2D eigenvalue weighted by atomic mass is 10.2. The summed E-state index contributed by atoms with van der Waals surface area (Å²) >= 11 is 2.97. The first kappa shape index (κ1) is 19.7. The third-order valence-electron chi connectivity index (χ3n) is 5.20. The number of rotatable bonds is 5. The Balaban J connectivity index is 1.59. The van der Waals surface area contributed by atoms with E-state index in [1.54, 1.807) is 22.0 Å². The number of hydrogen-bond donors (Lipinski definition) is 0. The van der Waals surface area contributed by atoms with Crippen LogP contribution >= 0.6 is 23.1 Å². The van der Waals surface area contributed by atoms with Gasteiger partial charge in [-0.2, -0.15) is 0 Å². The molecule has 0 spiro atoms. The third-order valence-corrected chi connectivity index (χ3v) is 7.35. The number of thioether (sulfide) groups is 1. The molecule has 0 N–H and O–H groups in total. The second-order valence-corrected chi connectivity index (χ2v) is 9.51. The number of carbonyl (C=O) groups excluding carboxylic acids is 1. The van der Waals surface area contributed by atoms with Crippen LogP contribution in [-0.4, -0.2) is 51.4 Å². The number of aromatic nitrogens is 2. The molecular weight excluding hydrogens is 394 g/mol. The van der Waals surface area contributed by atoms with Gasteiger partial charge in [0.05, 0.1) is 23.3 Å². The molecule has 2 aromatic rings. The normalized spacial score (nSPS) is 21.9. The lowest BCUT2D eigenvalue weighted by Gasteiger charge is -2.35. The number of allylic oxidation sites excluding steroid dienone is 1. The molecule has 2 aromatic heterocycles. The first-order valence-electron chi connectivity index (χ1n) is 9.70. The van der Waals surface area contributed by atoms with Crippen LogP contribution in [0.1, 0.15) is 30.7 Å². The molecule has 1 aliphatic carbocycles. The quantitative estimate of drug-likeness (QED) is 0.424. The van der Waals surface area contributed by atoms with Crippen LogP contribution in [0.3, 0.4) is 0 Å². The fourth-order valence-corrected chi connectivity index (χ4v) is 6.27. The van der Waals surface area contributed by atoms with Gasteiger partial charge in [-0.25, -0.2) is 4.98 Å². The maximum absolute atomic E-state index is 13.1. The fraction of sp³-hybridized carbons (Fsp3) is 0.550. The van der Waals surface area contributed by atoms with Crippen molar-refractivity contribution in [2.75, 3.05) is 18.8 Å². The predicted octanol–water partition coefficient (Wildman–Crippen LogP) is 2.86. The smallest absolute Gasteiger partial charge is 0.263 e. The second kappa shape index (κ2) is 8.00. The minimum atomic E-state index is -0.00661. The van der Waals surface area contributed by atoms with E-state index >= 15 is 0 Å². The Hall–Kier alpha value is -1.64. The van der Waals surface area contributed by atoms with Crippen LogP contribution in [-0.2, 0) is 28.9 Å². The van der Waals surface area contributed by atoms with Crippen LogP contribution in [0.15, 0.2) is 22.6 Å². The van der Waals surface area contributed by atoms with E-state index in [9.17, 15) is 9.59 Å². The Bertz CT molecular complexity index is 971. The van der Waals surface area contributed by atoms with Crippen molar-refractivity contribution in [1.82, 2.24) is 14.5 Å². The van der Waals surface area contributed by atoms with E-state index in [-0.39, 0.29) is 29.4 Å². The summed E-state index contributed by atoms with van der Waals surface area (Å²) in [4.78, 5) is 34.6. The molecule has 150 valence electrons. The summed E-state index contributed by atoms with van der Waals surface area (Å²) in [7, 11) is 0. The van der Waals surface area contributed by atoms with Gasteiger partial charge in [0.2, 0.25) is 5.91 Å². The maximum Gasteiger partial charge on any atom is 0.263 e. The topological polar surface area (TPSA) is 64.4 Å². The summed E-state index contributed by atoms with van der Waals surface area (Å²) in [5.41, 5.74) is 1.17. The van der Waals surface area contributed by atoms with Crippen molar-refractivity contribution >= 4 is 39.2 Å². The molecule has 28 heavy (non-hydrogen) atoms. The Labute approximate surface area is 172 Å². The molecular formula is C20H25N3O3S2. The highest BCUT2D eigenvalue weighted by atomic mass is 32.2. The molecule has 0 bridgehead atoms. The van der Waals surface area contributed by atoms with Crippen LogP contribution < -0.4 is 5.56 Å². The monoisotopic (exact) mass is 419 g/mol. The lowest BCUT2D eigenvalue weighted by molar-refractivity contribution is -0.140. The van der Waals surface area contributed by atoms with Gasteiger partial charge in [0, 0.05) is 24.5 Å². The van der Waals surface area contributed by atoms with Crippen LogP contribution in [0, 0.1) is 0 Å². The number of thiophene rings is 1. The second-order valence-electron chi connectivity index (χ2n) is 7.48. The number of hydrogen-bond acceptors (Lipinski definition) is 6. The molecule has 2 aliphatic rings. The number of nitrogens with zero attached hydrogens (tertiary/aromatic N) is 3. The van der Waals surface area contributed by atoms with Gasteiger partial charge in [0.25, 0.3) is 5.56 Å². The number of ether oxygens (including phenoxy) is 1. The van der Waals surface area contributed by atoms with E-state index in [1.165, 1.54) is 22.2 Å². The Morgan fingerprint density at radius 1 is 1.36 bits per heavy atom. The molecule has 1 aliphatic heterocycles. The van der Waals surface area contributed by atoms with Gasteiger partial charge in [-0.3, -0.25) is 14.2 Å². The number of amides is 1. The molecule has 0 radical (unpaired) electrons. The average Bonchev–Trinajstić information content (AvgIpc) is 3.22. The molecule has 1 saturated heterocycles. The van der Waals surface area contributed by atoms with Crippen molar-refractivity contribution < 1.29 is 9.53 Å². The highest BCUT2D eigenvalue weighted by Crippen LogP contribution is 2.35. The van der Waals surface area contributed by atoms with E-state index in [0.717, 1.165) is 29.5 Å². The van der Waals surface area contributed by atoms with Crippen molar-refractivity contribution in [2.45, 2.75) is 57.0 Å². The number of morpholine rings is 1. The van der Waals surface area contributed by atoms with Crippen molar-refractivity contribution in [1.29, 1.82) is 0 Å². The zero-order valence-electron chi connectivity index (χ0n) is 16.3. The van der Waals surface area contributed by atoms with E-state index in [1.807, 2.05) is 18.7 Å². The fourth-order valence-electron chi connectivity index (χ4n) is 4.06. The zero-order valence-corrected chi connectivity index (χ0v) is 17.9. The minimum Gasteiger partial charge on any atom is -0.372 e. The summed E-state index contributed by atoms with van der Waals surface area (Å²) in [6, 6.07) is 0. The Morgan fingerprint density at radius 2 is 2.11 bits per heavy atom. The summed E-state index contributed by atoms with van der Waals surface area (Å²) in [5.74, 6) is 0.319. The predicted molar refractivity (Wildman–Crippen MR) is 113 cm³/mol. The van der Waals surface area contributed by atoms with Gasteiger partial charge in [-0.15, -0.1) is 17.9 Å². The summed E-state index contributed by atoms with van der Waals surface area (Å²) in [6.45, 7) is 9.35. The van der Waals surface area contributed by atoms with Crippen LogP contribution in [0.2, 0.25) is 0 Å². The zero-order chi connectivity index (χ0) is 19.8. The first-order valence-corrected chi connectivity index (χ1v) is 11.5. The van der Waals surface area contributed by atoms with E-state index in [2.05, 4.69) is 6.58 Å². The van der Waals surface area contributed by atoms with Gasteiger partial charge < -0.3 is 9.64 Å². The third kappa shape index (κ3) is 3.65. The van der Waals surface area contributed by atoms with Crippen molar-refractivity contribution in [3.63, 3.8) is 0 Å². The molecule has 2 atom stereocenters. The molecule has 0 unspecified atom stereocenters. The largest absolute Gasteiger partial charge is 0.372 e. The standard InChI is InChI=1S/C20H25N3O3S2/c1-4-8-23-19(25)17-14-6-5-7-15(14)28-18(17)21-20(23)27-11-16(24)22-9-12(2)26-13(3)10-22/h4,12-13H,1,5-11H2,2-3H3/t12-,13-/m0/s1. The van der Waals surface area contributed by atoms with E-state index in [0.29, 0.717) is 24.8 Å². The molecule has 1 amide bonds. The molecule has 0 aromatic carbocycles. The van der Waals surface area contributed by atoms with Gasteiger partial charge in [-0.05, 0) is 38.7 Å². The van der Waals surface area contributed by atoms with Gasteiger partial charge in [-0.1, -0.05) is 17.8 Å². The van der Waals surface area contributed by atoms with Gasteiger partial charge >= 0.3 is 0 Å².